The third kappa shape index (κ3) is 3.16. The van der Waals surface area contributed by atoms with Gasteiger partial charge in [-0.2, -0.15) is 0 Å². The topological polar surface area (TPSA) is 75.8 Å². The van der Waals surface area contributed by atoms with Crippen molar-refractivity contribution in [2.24, 2.45) is 5.92 Å². The largest absolute Gasteiger partial charge is 0.484 e. The Balaban J connectivity index is 1.52. The fourth-order valence-electron chi connectivity index (χ4n) is 3.49. The van der Waals surface area contributed by atoms with E-state index in [-0.39, 0.29) is 18.0 Å². The summed E-state index contributed by atoms with van der Waals surface area (Å²) < 4.78 is 5.43. The minimum atomic E-state index is -0.621. The van der Waals surface area contributed by atoms with E-state index in [4.69, 9.17) is 4.74 Å². The summed E-state index contributed by atoms with van der Waals surface area (Å²) in [5.74, 6) is 1.00. The molecule has 1 aliphatic heterocycles. The Labute approximate surface area is 123 Å². The van der Waals surface area contributed by atoms with E-state index in [2.05, 4.69) is 4.90 Å². The smallest absolute Gasteiger partial charge is 0.310 e. The predicted molar refractivity (Wildman–Crippen MR) is 77.3 cm³/mol. The number of aliphatic hydroxyl groups excluding tert-OH is 1. The van der Waals surface area contributed by atoms with Gasteiger partial charge in [-0.15, -0.1) is 0 Å². The van der Waals surface area contributed by atoms with Crippen LogP contribution in [0.5, 0.6) is 5.75 Å². The number of aliphatic hydroxyl groups is 1. The van der Waals surface area contributed by atoms with Crippen molar-refractivity contribution in [3.8, 4) is 5.75 Å². The van der Waals surface area contributed by atoms with Crippen LogP contribution in [0.2, 0.25) is 0 Å². The summed E-state index contributed by atoms with van der Waals surface area (Å²) in [5, 5.41) is 21.0. The maximum atomic E-state index is 10.9. The molecule has 3 atom stereocenters. The summed E-state index contributed by atoms with van der Waals surface area (Å²) in [4.78, 5) is 12.7. The van der Waals surface area contributed by atoms with Gasteiger partial charge in [0.2, 0.25) is 0 Å². The number of para-hydroxylation sites is 2. The van der Waals surface area contributed by atoms with Gasteiger partial charge in [0.15, 0.2) is 5.75 Å². The molecule has 1 saturated heterocycles. The molecule has 0 unspecified atom stereocenters. The first-order valence-corrected chi connectivity index (χ1v) is 7.42. The third-order valence-electron chi connectivity index (χ3n) is 4.46. The second-order valence-electron chi connectivity index (χ2n) is 5.98. The van der Waals surface area contributed by atoms with Crippen LogP contribution in [0.1, 0.15) is 19.3 Å². The molecule has 0 aromatic heterocycles. The van der Waals surface area contributed by atoms with Crippen LogP contribution < -0.4 is 4.74 Å². The Bertz CT molecular complexity index is 522. The van der Waals surface area contributed by atoms with Crippen LogP contribution in [-0.4, -0.2) is 46.8 Å². The van der Waals surface area contributed by atoms with Crippen molar-refractivity contribution >= 4 is 5.69 Å². The Morgan fingerprint density at radius 2 is 2.24 bits per heavy atom. The van der Waals surface area contributed by atoms with Gasteiger partial charge in [-0.1, -0.05) is 12.1 Å². The van der Waals surface area contributed by atoms with Crippen LogP contribution in [0.15, 0.2) is 24.3 Å². The number of hydrogen-bond acceptors (Lipinski definition) is 5. The number of nitrogens with zero attached hydrogens (tertiary/aromatic N) is 2. The highest BCUT2D eigenvalue weighted by atomic mass is 16.6. The second kappa shape index (κ2) is 5.99. The number of benzene rings is 1. The number of rotatable bonds is 6. The summed E-state index contributed by atoms with van der Waals surface area (Å²) >= 11 is 0. The van der Waals surface area contributed by atoms with Crippen molar-refractivity contribution in [3.05, 3.63) is 34.4 Å². The number of ether oxygens (including phenoxy) is 1. The van der Waals surface area contributed by atoms with Crippen LogP contribution in [0.4, 0.5) is 5.69 Å². The molecule has 1 aromatic carbocycles. The van der Waals surface area contributed by atoms with Crippen LogP contribution in [-0.2, 0) is 0 Å². The normalized spacial score (nSPS) is 26.0. The van der Waals surface area contributed by atoms with Gasteiger partial charge in [0.25, 0.3) is 0 Å². The number of β-amino-alcohol motifs (C(OH)–C–C–N with tert-alkyl or cyclic N) is 1. The van der Waals surface area contributed by atoms with Crippen molar-refractivity contribution < 1.29 is 14.8 Å². The molecular weight excluding hydrogens is 272 g/mol. The molecule has 21 heavy (non-hydrogen) atoms. The van der Waals surface area contributed by atoms with Gasteiger partial charge in [-0.25, -0.2) is 0 Å². The monoisotopic (exact) mass is 292 g/mol. The fourth-order valence-corrected chi connectivity index (χ4v) is 3.49. The molecule has 3 rings (SSSR count). The third-order valence-corrected chi connectivity index (χ3v) is 4.46. The molecule has 1 aromatic rings. The molecule has 0 radical (unpaired) electrons. The number of piperidine rings is 1. The molecule has 6 heteroatoms. The molecule has 114 valence electrons. The summed E-state index contributed by atoms with van der Waals surface area (Å²) in [6.07, 6.45) is 3.16. The molecule has 0 spiro atoms. The molecule has 2 bridgehead atoms. The van der Waals surface area contributed by atoms with Crippen LogP contribution in [0, 0.1) is 16.0 Å². The maximum absolute atomic E-state index is 10.9. The maximum Gasteiger partial charge on any atom is 0.310 e. The van der Waals surface area contributed by atoms with Gasteiger partial charge in [0.05, 0.1) is 4.92 Å². The molecule has 1 N–H and O–H groups in total. The zero-order chi connectivity index (χ0) is 14.8. The average molecular weight is 292 g/mol. The zero-order valence-electron chi connectivity index (χ0n) is 11.9. The van der Waals surface area contributed by atoms with Crippen molar-refractivity contribution in [2.75, 3.05) is 19.7 Å². The minimum absolute atomic E-state index is 0.0649. The van der Waals surface area contributed by atoms with E-state index < -0.39 is 11.0 Å². The van der Waals surface area contributed by atoms with E-state index in [1.165, 1.54) is 25.3 Å². The minimum Gasteiger partial charge on any atom is -0.484 e. The summed E-state index contributed by atoms with van der Waals surface area (Å²) in [7, 11) is 0. The zero-order valence-corrected chi connectivity index (χ0v) is 11.9. The Kier molecular flexibility index (Phi) is 4.07. The summed E-state index contributed by atoms with van der Waals surface area (Å²) in [5.41, 5.74) is -0.0649. The Morgan fingerprint density at radius 3 is 2.90 bits per heavy atom. The number of nitro benzene ring substituents is 1. The van der Waals surface area contributed by atoms with Gasteiger partial charge >= 0.3 is 5.69 Å². The lowest BCUT2D eigenvalue weighted by Crippen LogP contribution is -2.40. The summed E-state index contributed by atoms with van der Waals surface area (Å²) in [6, 6.07) is 6.86. The highest BCUT2D eigenvalue weighted by Gasteiger charge is 2.38. The van der Waals surface area contributed by atoms with Crippen molar-refractivity contribution in [1.82, 2.24) is 4.90 Å². The van der Waals surface area contributed by atoms with Crippen molar-refractivity contribution in [1.29, 1.82) is 0 Å². The van der Waals surface area contributed by atoms with Gasteiger partial charge in [0, 0.05) is 25.2 Å². The first-order chi connectivity index (χ1) is 10.1. The van der Waals surface area contributed by atoms with E-state index in [0.717, 1.165) is 12.5 Å². The lowest BCUT2D eigenvalue weighted by atomic mass is 10.1. The first-order valence-electron chi connectivity index (χ1n) is 7.42. The number of hydrogen-bond donors (Lipinski definition) is 1. The molecule has 6 nitrogen and oxygen atoms in total. The summed E-state index contributed by atoms with van der Waals surface area (Å²) in [6.45, 7) is 1.73. The van der Waals surface area contributed by atoms with Crippen LogP contribution >= 0.6 is 0 Å². The predicted octanol–water partition coefficient (Wildman–Crippen LogP) is 1.82. The number of likely N-dealkylation sites (tertiary alicyclic amines) is 1. The van der Waals surface area contributed by atoms with E-state index in [0.29, 0.717) is 12.6 Å². The second-order valence-corrected chi connectivity index (χ2v) is 5.98. The van der Waals surface area contributed by atoms with Crippen molar-refractivity contribution in [2.45, 2.75) is 31.4 Å². The number of nitro groups is 1. The molecular formula is C15H20N2O4. The van der Waals surface area contributed by atoms with E-state index in [1.54, 1.807) is 18.2 Å². The number of fused-ring (bicyclic) bond motifs is 2. The fraction of sp³-hybridized carbons (Fsp3) is 0.600. The Morgan fingerprint density at radius 1 is 1.43 bits per heavy atom. The van der Waals surface area contributed by atoms with Gasteiger partial charge in [-0.3, -0.25) is 15.0 Å². The highest BCUT2D eigenvalue weighted by Crippen LogP contribution is 2.37. The van der Waals surface area contributed by atoms with Gasteiger partial charge in [0.1, 0.15) is 12.7 Å². The van der Waals surface area contributed by atoms with E-state index in [9.17, 15) is 15.2 Å². The molecule has 2 fully saturated rings. The molecule has 1 saturated carbocycles. The van der Waals surface area contributed by atoms with Crippen LogP contribution in [0.25, 0.3) is 0 Å². The SMILES string of the molecule is O=[N+]([O-])c1ccccc1OC[C@H](O)CN1C[C@H]2CC[C@H]1C2. The van der Waals surface area contributed by atoms with Gasteiger partial charge < -0.3 is 9.84 Å². The van der Waals surface area contributed by atoms with E-state index >= 15 is 0 Å². The molecule has 1 heterocycles. The lowest BCUT2D eigenvalue weighted by Gasteiger charge is -2.28. The molecule has 0 amide bonds. The van der Waals surface area contributed by atoms with Crippen LogP contribution in [0.3, 0.4) is 0 Å². The highest BCUT2D eigenvalue weighted by molar-refractivity contribution is 5.45. The van der Waals surface area contributed by atoms with Crippen molar-refractivity contribution in [3.63, 3.8) is 0 Å². The molecule has 2 aliphatic rings. The molecule has 1 aliphatic carbocycles. The van der Waals surface area contributed by atoms with E-state index in [1.807, 2.05) is 0 Å². The average Bonchev–Trinajstić information content (AvgIpc) is 3.08. The first kappa shape index (κ1) is 14.3. The van der Waals surface area contributed by atoms with Gasteiger partial charge in [-0.05, 0) is 31.2 Å². The lowest BCUT2D eigenvalue weighted by molar-refractivity contribution is -0.385. The Hall–Kier alpha value is -1.66. The quantitative estimate of drug-likeness (QED) is 0.639. The standard InChI is InChI=1S/C15H20N2O4/c18-13(9-16-8-11-5-6-12(16)7-11)10-21-15-4-2-1-3-14(15)17(19)20/h1-4,11-13,18H,5-10H2/t11-,12-,13+/m0/s1.